The number of nitro benzene ring substituents is 1. The maximum absolute atomic E-state index is 12.5. The summed E-state index contributed by atoms with van der Waals surface area (Å²) < 4.78 is 10.5. The van der Waals surface area contributed by atoms with Crippen molar-refractivity contribution in [1.29, 1.82) is 0 Å². The van der Waals surface area contributed by atoms with Crippen LogP contribution >= 0.6 is 0 Å². The Morgan fingerprint density at radius 2 is 1.84 bits per heavy atom. The van der Waals surface area contributed by atoms with E-state index in [1.165, 1.54) is 11.0 Å². The molecule has 0 aliphatic carbocycles. The minimum atomic E-state index is -0.477. The molecule has 7 heteroatoms. The van der Waals surface area contributed by atoms with E-state index in [1.807, 2.05) is 6.07 Å². The summed E-state index contributed by atoms with van der Waals surface area (Å²) in [5.74, 6) is 1.06. The van der Waals surface area contributed by atoms with Crippen molar-refractivity contribution in [2.75, 3.05) is 21.3 Å². The van der Waals surface area contributed by atoms with Gasteiger partial charge in [0, 0.05) is 36.9 Å². The van der Waals surface area contributed by atoms with Gasteiger partial charge in [0.15, 0.2) is 0 Å². The van der Waals surface area contributed by atoms with Gasteiger partial charge in [0.1, 0.15) is 11.5 Å². The largest absolute Gasteiger partial charge is 0.497 e. The Morgan fingerprint density at radius 1 is 1.12 bits per heavy atom. The highest BCUT2D eigenvalue weighted by molar-refractivity contribution is 5.79. The molecule has 7 nitrogen and oxygen atoms in total. The lowest BCUT2D eigenvalue weighted by Gasteiger charge is -2.19. The summed E-state index contributed by atoms with van der Waals surface area (Å²) >= 11 is 0. The third-order valence-electron chi connectivity index (χ3n) is 3.86. The molecule has 0 saturated carbocycles. The number of para-hydroxylation sites is 1. The number of hydrogen-bond acceptors (Lipinski definition) is 5. The molecule has 132 valence electrons. The summed E-state index contributed by atoms with van der Waals surface area (Å²) in [6, 6.07) is 11.6. The lowest BCUT2D eigenvalue weighted by atomic mass is 10.1. The summed E-state index contributed by atoms with van der Waals surface area (Å²) in [5.41, 5.74) is 1.17. The van der Waals surface area contributed by atoms with Crippen molar-refractivity contribution < 1.29 is 19.2 Å². The van der Waals surface area contributed by atoms with Crippen molar-refractivity contribution >= 4 is 11.6 Å². The van der Waals surface area contributed by atoms with Crippen LogP contribution in [-0.4, -0.2) is 37.0 Å². The van der Waals surface area contributed by atoms with Crippen molar-refractivity contribution in [2.24, 2.45) is 0 Å². The third kappa shape index (κ3) is 4.47. The number of rotatable bonds is 7. The molecule has 0 bridgehead atoms. The highest BCUT2D eigenvalue weighted by atomic mass is 16.6. The molecule has 1 amide bonds. The van der Waals surface area contributed by atoms with Crippen LogP contribution in [0.1, 0.15) is 11.1 Å². The van der Waals surface area contributed by atoms with Crippen LogP contribution in [0.2, 0.25) is 0 Å². The van der Waals surface area contributed by atoms with Gasteiger partial charge in [-0.1, -0.05) is 18.2 Å². The van der Waals surface area contributed by atoms with Gasteiger partial charge >= 0.3 is 0 Å². The highest BCUT2D eigenvalue weighted by Gasteiger charge is 2.19. The van der Waals surface area contributed by atoms with Crippen LogP contribution in [0.15, 0.2) is 42.5 Å². The van der Waals surface area contributed by atoms with Gasteiger partial charge < -0.3 is 14.4 Å². The van der Waals surface area contributed by atoms with Gasteiger partial charge in [-0.05, 0) is 12.1 Å². The molecule has 0 unspecified atom stereocenters. The van der Waals surface area contributed by atoms with Gasteiger partial charge in [0.05, 0.1) is 25.6 Å². The van der Waals surface area contributed by atoms with Crippen LogP contribution in [0, 0.1) is 10.1 Å². The minimum Gasteiger partial charge on any atom is -0.497 e. The van der Waals surface area contributed by atoms with Gasteiger partial charge in [0.25, 0.3) is 5.69 Å². The predicted octanol–water partition coefficient (Wildman–Crippen LogP) is 2.81. The average molecular weight is 344 g/mol. The number of hydrogen-bond donors (Lipinski definition) is 0. The Kier molecular flexibility index (Phi) is 5.94. The molecular weight excluding hydrogens is 324 g/mol. The van der Waals surface area contributed by atoms with E-state index in [9.17, 15) is 14.9 Å². The monoisotopic (exact) mass is 344 g/mol. The van der Waals surface area contributed by atoms with Crippen LogP contribution < -0.4 is 9.47 Å². The molecule has 2 aromatic rings. The van der Waals surface area contributed by atoms with E-state index in [0.717, 1.165) is 5.56 Å². The maximum atomic E-state index is 12.5. The van der Waals surface area contributed by atoms with Gasteiger partial charge in [-0.25, -0.2) is 0 Å². The third-order valence-corrected chi connectivity index (χ3v) is 3.86. The SMILES string of the molecule is COc1ccc(CN(C)C(=O)Cc2ccccc2[N+](=O)[O-])c(OC)c1. The van der Waals surface area contributed by atoms with E-state index < -0.39 is 4.92 Å². The molecule has 0 aliphatic rings. The van der Waals surface area contributed by atoms with E-state index in [-0.39, 0.29) is 18.0 Å². The molecule has 0 fully saturated rings. The first-order valence-corrected chi connectivity index (χ1v) is 7.63. The first kappa shape index (κ1) is 18.3. The quantitative estimate of drug-likeness (QED) is 0.570. The fraction of sp³-hybridized carbons (Fsp3) is 0.278. The van der Waals surface area contributed by atoms with Crippen molar-refractivity contribution in [3.63, 3.8) is 0 Å². The maximum Gasteiger partial charge on any atom is 0.273 e. The zero-order valence-corrected chi connectivity index (χ0v) is 14.4. The Balaban J connectivity index is 2.12. The lowest BCUT2D eigenvalue weighted by molar-refractivity contribution is -0.385. The van der Waals surface area contributed by atoms with Crippen molar-refractivity contribution in [1.82, 2.24) is 4.90 Å². The highest BCUT2D eigenvalue weighted by Crippen LogP contribution is 2.26. The molecule has 0 spiro atoms. The topological polar surface area (TPSA) is 81.9 Å². The van der Waals surface area contributed by atoms with Crippen LogP contribution in [0.3, 0.4) is 0 Å². The number of carbonyl (C=O) groups is 1. The number of methoxy groups -OCH3 is 2. The van der Waals surface area contributed by atoms with Gasteiger partial charge in [0.2, 0.25) is 5.91 Å². The fourth-order valence-corrected chi connectivity index (χ4v) is 2.46. The van der Waals surface area contributed by atoms with Gasteiger partial charge in [-0.2, -0.15) is 0 Å². The van der Waals surface area contributed by atoms with E-state index >= 15 is 0 Å². The zero-order valence-electron chi connectivity index (χ0n) is 14.4. The van der Waals surface area contributed by atoms with E-state index in [0.29, 0.717) is 23.6 Å². The second-order valence-corrected chi connectivity index (χ2v) is 5.49. The number of likely N-dealkylation sites (N-methyl/N-ethyl adjacent to an activating group) is 1. The number of nitrogens with zero attached hydrogens (tertiary/aromatic N) is 2. The summed E-state index contributed by atoms with van der Waals surface area (Å²) in [6.45, 7) is 0.326. The molecule has 0 radical (unpaired) electrons. The second kappa shape index (κ2) is 8.14. The van der Waals surface area contributed by atoms with Crippen LogP contribution in [0.25, 0.3) is 0 Å². The fourth-order valence-electron chi connectivity index (χ4n) is 2.46. The standard InChI is InChI=1S/C18H20N2O5/c1-19(12-14-8-9-15(24-2)11-17(14)25-3)18(21)10-13-6-4-5-7-16(13)20(22)23/h4-9,11H,10,12H2,1-3H3. The normalized spacial score (nSPS) is 10.2. The number of amides is 1. The Hall–Kier alpha value is -3.09. The van der Waals surface area contributed by atoms with Gasteiger partial charge in [-0.3, -0.25) is 14.9 Å². The van der Waals surface area contributed by atoms with Crippen molar-refractivity contribution in [2.45, 2.75) is 13.0 Å². The Morgan fingerprint density at radius 3 is 2.48 bits per heavy atom. The lowest BCUT2D eigenvalue weighted by Crippen LogP contribution is -2.28. The molecule has 2 rings (SSSR count). The zero-order chi connectivity index (χ0) is 18.4. The molecule has 0 saturated heterocycles. The van der Waals surface area contributed by atoms with Crippen LogP contribution in [-0.2, 0) is 17.8 Å². The molecule has 0 atom stereocenters. The molecule has 0 heterocycles. The first-order valence-electron chi connectivity index (χ1n) is 7.63. The smallest absolute Gasteiger partial charge is 0.273 e. The number of ether oxygens (including phenoxy) is 2. The van der Waals surface area contributed by atoms with E-state index in [2.05, 4.69) is 0 Å². The first-order chi connectivity index (χ1) is 12.0. The number of carbonyl (C=O) groups excluding carboxylic acids is 1. The predicted molar refractivity (Wildman–Crippen MR) is 92.8 cm³/mol. The Labute approximate surface area is 145 Å². The molecule has 25 heavy (non-hydrogen) atoms. The Bertz CT molecular complexity index is 776. The minimum absolute atomic E-state index is 0.0356. The number of nitro groups is 1. The van der Waals surface area contributed by atoms with Crippen molar-refractivity contribution in [3.8, 4) is 11.5 Å². The molecule has 0 N–H and O–H groups in total. The van der Waals surface area contributed by atoms with Crippen LogP contribution in [0.4, 0.5) is 5.69 Å². The molecule has 0 aromatic heterocycles. The van der Waals surface area contributed by atoms with E-state index in [4.69, 9.17) is 9.47 Å². The van der Waals surface area contributed by atoms with Gasteiger partial charge in [-0.15, -0.1) is 0 Å². The molecule has 0 aliphatic heterocycles. The van der Waals surface area contributed by atoms with E-state index in [1.54, 1.807) is 51.6 Å². The summed E-state index contributed by atoms with van der Waals surface area (Å²) in [5, 5.41) is 11.1. The summed E-state index contributed by atoms with van der Waals surface area (Å²) in [6.07, 6.45) is -0.0356. The number of benzene rings is 2. The average Bonchev–Trinajstić information content (AvgIpc) is 2.62. The summed E-state index contributed by atoms with van der Waals surface area (Å²) in [4.78, 5) is 24.6. The molecular formula is C18H20N2O5. The van der Waals surface area contributed by atoms with Crippen LogP contribution in [0.5, 0.6) is 11.5 Å². The second-order valence-electron chi connectivity index (χ2n) is 5.49. The molecule has 2 aromatic carbocycles. The summed E-state index contributed by atoms with van der Waals surface area (Å²) in [7, 11) is 4.77. The van der Waals surface area contributed by atoms with Crippen molar-refractivity contribution in [3.05, 3.63) is 63.7 Å².